The van der Waals surface area contributed by atoms with Gasteiger partial charge in [0.05, 0.1) is 19.3 Å². The highest BCUT2D eigenvalue weighted by Gasteiger charge is 2.26. The number of nitrogens with two attached hydrogens (primary N) is 1. The van der Waals surface area contributed by atoms with Crippen LogP contribution in [0.1, 0.15) is 18.5 Å². The molecule has 4 nitrogen and oxygen atoms in total. The first-order chi connectivity index (χ1) is 9.02. The van der Waals surface area contributed by atoms with Crippen LogP contribution >= 0.6 is 0 Å². The molecule has 1 rings (SSSR count). The fourth-order valence-electron chi connectivity index (χ4n) is 2.19. The SMILES string of the molecule is COCC(N)C(CO)N(C)C(C)c1ccccc1F. The van der Waals surface area contributed by atoms with Crippen LogP contribution in [0.4, 0.5) is 4.39 Å². The van der Waals surface area contributed by atoms with E-state index >= 15 is 0 Å². The van der Waals surface area contributed by atoms with E-state index in [1.807, 2.05) is 18.9 Å². The van der Waals surface area contributed by atoms with Crippen LogP contribution in [0.25, 0.3) is 0 Å². The first-order valence-corrected chi connectivity index (χ1v) is 6.34. The fourth-order valence-corrected chi connectivity index (χ4v) is 2.19. The van der Waals surface area contributed by atoms with Gasteiger partial charge in [-0.3, -0.25) is 4.90 Å². The Kier molecular flexibility index (Phi) is 6.37. The fraction of sp³-hybridized carbons (Fsp3) is 0.571. The average molecular weight is 270 g/mol. The number of aliphatic hydroxyl groups excluding tert-OH is 1. The highest BCUT2D eigenvalue weighted by molar-refractivity contribution is 5.20. The van der Waals surface area contributed by atoms with Gasteiger partial charge in [-0.05, 0) is 20.0 Å². The van der Waals surface area contributed by atoms with Gasteiger partial charge in [0, 0.05) is 24.8 Å². The summed E-state index contributed by atoms with van der Waals surface area (Å²) in [6, 6.07) is 5.84. The maximum absolute atomic E-state index is 13.8. The third-order valence-electron chi connectivity index (χ3n) is 3.53. The number of nitrogens with zero attached hydrogens (tertiary/aromatic N) is 1. The van der Waals surface area contributed by atoms with Crippen LogP contribution < -0.4 is 5.73 Å². The van der Waals surface area contributed by atoms with Crippen LogP contribution in [0.15, 0.2) is 24.3 Å². The zero-order chi connectivity index (χ0) is 14.4. The Balaban J connectivity index is 2.85. The predicted molar refractivity (Wildman–Crippen MR) is 73.3 cm³/mol. The quantitative estimate of drug-likeness (QED) is 0.780. The molecule has 108 valence electrons. The van der Waals surface area contributed by atoms with Gasteiger partial charge in [0.1, 0.15) is 5.82 Å². The Hall–Kier alpha value is -1.01. The zero-order valence-corrected chi connectivity index (χ0v) is 11.7. The number of methoxy groups -OCH3 is 1. The molecule has 0 heterocycles. The van der Waals surface area contributed by atoms with E-state index in [0.29, 0.717) is 12.2 Å². The van der Waals surface area contributed by atoms with E-state index in [4.69, 9.17) is 10.5 Å². The summed E-state index contributed by atoms with van der Waals surface area (Å²) in [5.41, 5.74) is 6.56. The third kappa shape index (κ3) is 3.98. The van der Waals surface area contributed by atoms with Crippen molar-refractivity contribution in [3.05, 3.63) is 35.6 Å². The molecule has 0 fully saturated rings. The van der Waals surface area contributed by atoms with Gasteiger partial charge in [-0.1, -0.05) is 18.2 Å². The summed E-state index contributed by atoms with van der Waals surface area (Å²) in [6.45, 7) is 2.14. The lowest BCUT2D eigenvalue weighted by Crippen LogP contribution is -2.51. The molecule has 5 heteroatoms. The first-order valence-electron chi connectivity index (χ1n) is 6.34. The molecule has 0 saturated carbocycles. The van der Waals surface area contributed by atoms with E-state index in [1.54, 1.807) is 25.3 Å². The summed E-state index contributed by atoms with van der Waals surface area (Å²) in [4.78, 5) is 1.88. The number of rotatable bonds is 7. The van der Waals surface area contributed by atoms with Crippen LogP contribution in [0.2, 0.25) is 0 Å². The van der Waals surface area contributed by atoms with Crippen LogP contribution in [0.5, 0.6) is 0 Å². The van der Waals surface area contributed by atoms with Crippen molar-refractivity contribution in [3.63, 3.8) is 0 Å². The molecule has 3 unspecified atom stereocenters. The minimum Gasteiger partial charge on any atom is -0.395 e. The second kappa shape index (κ2) is 7.55. The summed E-state index contributed by atoms with van der Waals surface area (Å²) in [7, 11) is 3.39. The van der Waals surface area contributed by atoms with Crippen molar-refractivity contribution >= 4 is 0 Å². The summed E-state index contributed by atoms with van der Waals surface area (Å²) < 4.78 is 18.8. The minimum absolute atomic E-state index is 0.0974. The van der Waals surface area contributed by atoms with Gasteiger partial charge in [0.25, 0.3) is 0 Å². The van der Waals surface area contributed by atoms with Crippen molar-refractivity contribution in [1.82, 2.24) is 4.90 Å². The summed E-state index contributed by atoms with van der Waals surface area (Å²) >= 11 is 0. The summed E-state index contributed by atoms with van der Waals surface area (Å²) in [6.07, 6.45) is 0. The monoisotopic (exact) mass is 270 g/mol. The molecule has 0 aliphatic heterocycles. The lowest BCUT2D eigenvalue weighted by atomic mass is 10.0. The van der Waals surface area contributed by atoms with Crippen LogP contribution in [-0.2, 0) is 4.74 Å². The Morgan fingerprint density at radius 1 is 1.42 bits per heavy atom. The lowest BCUT2D eigenvalue weighted by Gasteiger charge is -2.35. The number of aliphatic hydroxyl groups is 1. The molecule has 0 radical (unpaired) electrons. The van der Waals surface area contributed by atoms with Crippen molar-refractivity contribution in [2.24, 2.45) is 5.73 Å². The highest BCUT2D eigenvalue weighted by atomic mass is 19.1. The van der Waals surface area contributed by atoms with Crippen molar-refractivity contribution in [3.8, 4) is 0 Å². The smallest absolute Gasteiger partial charge is 0.127 e. The largest absolute Gasteiger partial charge is 0.395 e. The van der Waals surface area contributed by atoms with E-state index in [2.05, 4.69) is 0 Å². The normalized spacial score (nSPS) is 16.4. The number of likely N-dealkylation sites (N-methyl/N-ethyl adjacent to an activating group) is 1. The van der Waals surface area contributed by atoms with Crippen LogP contribution in [-0.4, -0.2) is 49.5 Å². The Bertz CT molecular complexity index is 389. The Morgan fingerprint density at radius 3 is 2.58 bits per heavy atom. The van der Waals surface area contributed by atoms with Gasteiger partial charge in [-0.25, -0.2) is 4.39 Å². The third-order valence-corrected chi connectivity index (χ3v) is 3.53. The van der Waals surface area contributed by atoms with E-state index < -0.39 is 0 Å². The number of ether oxygens (including phenoxy) is 1. The summed E-state index contributed by atoms with van der Waals surface area (Å²) in [5, 5.41) is 9.49. The maximum atomic E-state index is 13.8. The van der Waals surface area contributed by atoms with E-state index in [9.17, 15) is 9.50 Å². The second-order valence-corrected chi connectivity index (χ2v) is 4.73. The van der Waals surface area contributed by atoms with E-state index in [0.717, 1.165) is 0 Å². The first kappa shape index (κ1) is 16.0. The van der Waals surface area contributed by atoms with E-state index in [1.165, 1.54) is 6.07 Å². The summed E-state index contributed by atoms with van der Waals surface area (Å²) in [5.74, 6) is -0.251. The molecule has 0 aromatic heterocycles. The average Bonchev–Trinajstić information content (AvgIpc) is 2.39. The molecule has 3 atom stereocenters. The van der Waals surface area contributed by atoms with Gasteiger partial charge >= 0.3 is 0 Å². The zero-order valence-electron chi connectivity index (χ0n) is 11.7. The van der Waals surface area contributed by atoms with Gasteiger partial charge in [0.15, 0.2) is 0 Å². The van der Waals surface area contributed by atoms with E-state index in [-0.39, 0.29) is 30.5 Å². The molecule has 1 aromatic rings. The molecule has 0 bridgehead atoms. The van der Waals surface area contributed by atoms with Crippen molar-refractivity contribution in [2.75, 3.05) is 27.4 Å². The van der Waals surface area contributed by atoms with Crippen LogP contribution in [0, 0.1) is 5.82 Å². The van der Waals surface area contributed by atoms with Crippen molar-refractivity contribution < 1.29 is 14.2 Å². The number of hydrogen-bond donors (Lipinski definition) is 2. The van der Waals surface area contributed by atoms with Gasteiger partial charge in [0.2, 0.25) is 0 Å². The van der Waals surface area contributed by atoms with Crippen LogP contribution in [0.3, 0.4) is 0 Å². The molecule has 0 saturated heterocycles. The molecule has 3 N–H and O–H groups in total. The molecule has 19 heavy (non-hydrogen) atoms. The molecular formula is C14H23FN2O2. The van der Waals surface area contributed by atoms with Crippen molar-refractivity contribution in [1.29, 1.82) is 0 Å². The Morgan fingerprint density at radius 2 is 2.05 bits per heavy atom. The van der Waals surface area contributed by atoms with Gasteiger partial charge in [-0.2, -0.15) is 0 Å². The van der Waals surface area contributed by atoms with Gasteiger partial charge in [-0.15, -0.1) is 0 Å². The molecule has 1 aromatic carbocycles. The highest BCUT2D eigenvalue weighted by Crippen LogP contribution is 2.23. The Labute approximate surface area is 114 Å². The number of hydrogen-bond acceptors (Lipinski definition) is 4. The second-order valence-electron chi connectivity index (χ2n) is 4.73. The minimum atomic E-state index is -0.325. The van der Waals surface area contributed by atoms with Gasteiger partial charge < -0.3 is 15.6 Å². The number of benzene rings is 1. The molecular weight excluding hydrogens is 247 g/mol. The molecule has 0 aliphatic rings. The molecule has 0 spiro atoms. The predicted octanol–water partition coefficient (Wildman–Crippen LogP) is 1.15. The number of halogens is 1. The topological polar surface area (TPSA) is 58.7 Å². The molecule has 0 amide bonds. The molecule has 0 aliphatic carbocycles. The maximum Gasteiger partial charge on any atom is 0.127 e. The lowest BCUT2D eigenvalue weighted by molar-refractivity contribution is 0.0645. The van der Waals surface area contributed by atoms with Crippen molar-refractivity contribution in [2.45, 2.75) is 25.0 Å². The standard InChI is InChI=1S/C14H23FN2O2/c1-10(11-6-4-5-7-12(11)15)17(2)14(8-18)13(16)9-19-3/h4-7,10,13-14,18H,8-9,16H2,1-3H3.